The Morgan fingerprint density at radius 3 is 2.47 bits per heavy atom. The summed E-state index contributed by atoms with van der Waals surface area (Å²) in [5.41, 5.74) is 0.727. The molecule has 104 valence electrons. The number of hydrogen-bond donors (Lipinski definition) is 3. The zero-order chi connectivity index (χ0) is 14.0. The number of hydrogen-bond acceptors (Lipinski definition) is 4. The Morgan fingerprint density at radius 2 is 1.89 bits per heavy atom. The highest BCUT2D eigenvalue weighted by Crippen LogP contribution is 2.32. The first-order chi connectivity index (χ1) is 8.99. The number of benzene rings is 1. The molecule has 1 aliphatic rings. The molecule has 2 unspecified atom stereocenters. The Balaban J connectivity index is 2.25. The SMILES string of the molecule is CC(c1cc(O)cc(O)c1)N1CCCCC1C(=O)O. The Labute approximate surface area is 112 Å². The van der Waals surface area contributed by atoms with E-state index in [1.165, 1.54) is 6.07 Å². The van der Waals surface area contributed by atoms with E-state index in [9.17, 15) is 20.1 Å². The van der Waals surface area contributed by atoms with E-state index in [0.717, 1.165) is 18.4 Å². The lowest BCUT2D eigenvalue weighted by Crippen LogP contribution is -2.45. The van der Waals surface area contributed by atoms with Crippen LogP contribution in [0.25, 0.3) is 0 Å². The van der Waals surface area contributed by atoms with Crippen LogP contribution in [0.4, 0.5) is 0 Å². The molecule has 0 bridgehead atoms. The molecule has 1 fully saturated rings. The quantitative estimate of drug-likeness (QED) is 0.779. The van der Waals surface area contributed by atoms with Crippen molar-refractivity contribution in [3.63, 3.8) is 0 Å². The zero-order valence-corrected chi connectivity index (χ0v) is 10.9. The van der Waals surface area contributed by atoms with Crippen LogP contribution in [0.2, 0.25) is 0 Å². The minimum Gasteiger partial charge on any atom is -0.508 e. The fourth-order valence-corrected chi connectivity index (χ4v) is 2.73. The number of nitrogens with zero attached hydrogens (tertiary/aromatic N) is 1. The summed E-state index contributed by atoms with van der Waals surface area (Å²) < 4.78 is 0. The molecule has 0 saturated carbocycles. The molecule has 19 heavy (non-hydrogen) atoms. The molecule has 0 spiro atoms. The van der Waals surface area contributed by atoms with Crippen LogP contribution in [0.1, 0.15) is 37.8 Å². The normalized spacial score (nSPS) is 22.1. The van der Waals surface area contributed by atoms with Gasteiger partial charge in [0.2, 0.25) is 0 Å². The third kappa shape index (κ3) is 2.98. The first-order valence-corrected chi connectivity index (χ1v) is 6.50. The van der Waals surface area contributed by atoms with Crippen molar-refractivity contribution in [3.05, 3.63) is 23.8 Å². The first kappa shape index (κ1) is 13.7. The van der Waals surface area contributed by atoms with Crippen molar-refractivity contribution in [1.29, 1.82) is 0 Å². The number of carboxylic acid groups (broad SMARTS) is 1. The Kier molecular flexibility index (Phi) is 3.95. The number of phenols is 2. The van der Waals surface area contributed by atoms with Gasteiger partial charge in [-0.05, 0) is 44.0 Å². The molecule has 0 aliphatic carbocycles. The lowest BCUT2D eigenvalue weighted by atomic mass is 9.97. The van der Waals surface area contributed by atoms with Gasteiger partial charge in [-0.1, -0.05) is 6.42 Å². The van der Waals surface area contributed by atoms with Crippen LogP contribution in [0.15, 0.2) is 18.2 Å². The summed E-state index contributed by atoms with van der Waals surface area (Å²) in [6.07, 6.45) is 2.54. The van der Waals surface area contributed by atoms with Gasteiger partial charge in [0.25, 0.3) is 0 Å². The molecule has 5 nitrogen and oxygen atoms in total. The maximum Gasteiger partial charge on any atom is 0.320 e. The van der Waals surface area contributed by atoms with E-state index in [4.69, 9.17) is 0 Å². The highest BCUT2D eigenvalue weighted by Gasteiger charge is 2.32. The number of aliphatic carboxylic acids is 1. The van der Waals surface area contributed by atoms with Crippen LogP contribution >= 0.6 is 0 Å². The lowest BCUT2D eigenvalue weighted by molar-refractivity contribution is -0.145. The summed E-state index contributed by atoms with van der Waals surface area (Å²) in [4.78, 5) is 13.2. The van der Waals surface area contributed by atoms with Gasteiger partial charge in [0.1, 0.15) is 17.5 Å². The van der Waals surface area contributed by atoms with Gasteiger partial charge >= 0.3 is 5.97 Å². The average molecular weight is 265 g/mol. The second-order valence-corrected chi connectivity index (χ2v) is 5.05. The second-order valence-electron chi connectivity index (χ2n) is 5.05. The van der Waals surface area contributed by atoms with Gasteiger partial charge in [0.15, 0.2) is 0 Å². The van der Waals surface area contributed by atoms with Crippen molar-refractivity contribution < 1.29 is 20.1 Å². The number of rotatable bonds is 3. The number of carbonyl (C=O) groups is 1. The summed E-state index contributed by atoms with van der Waals surface area (Å²) in [5.74, 6) is -0.826. The van der Waals surface area contributed by atoms with Crippen LogP contribution in [-0.4, -0.2) is 38.8 Å². The molecule has 2 rings (SSSR count). The van der Waals surface area contributed by atoms with Crippen molar-refractivity contribution in [3.8, 4) is 11.5 Å². The number of phenolic OH excluding ortho intramolecular Hbond substituents is 2. The summed E-state index contributed by atoms with van der Waals surface area (Å²) in [6.45, 7) is 2.62. The smallest absolute Gasteiger partial charge is 0.320 e. The Bertz CT molecular complexity index is 454. The predicted molar refractivity (Wildman–Crippen MR) is 70.2 cm³/mol. The van der Waals surface area contributed by atoms with Crippen molar-refractivity contribution in [2.45, 2.75) is 38.3 Å². The number of piperidine rings is 1. The van der Waals surface area contributed by atoms with Crippen molar-refractivity contribution in [1.82, 2.24) is 4.90 Å². The topological polar surface area (TPSA) is 81.0 Å². The van der Waals surface area contributed by atoms with Crippen molar-refractivity contribution >= 4 is 5.97 Å². The van der Waals surface area contributed by atoms with Crippen LogP contribution in [0.5, 0.6) is 11.5 Å². The molecule has 2 atom stereocenters. The fourth-order valence-electron chi connectivity index (χ4n) is 2.73. The third-order valence-electron chi connectivity index (χ3n) is 3.73. The molecule has 1 aromatic carbocycles. The Morgan fingerprint density at radius 1 is 1.26 bits per heavy atom. The molecule has 1 aliphatic heterocycles. The predicted octanol–water partition coefficient (Wildman–Crippen LogP) is 2.10. The number of likely N-dealkylation sites (tertiary alicyclic amines) is 1. The molecule has 3 N–H and O–H groups in total. The van der Waals surface area contributed by atoms with Crippen LogP contribution in [0, 0.1) is 0 Å². The van der Waals surface area contributed by atoms with E-state index in [1.807, 2.05) is 11.8 Å². The standard InChI is InChI=1S/C14H19NO4/c1-9(10-6-11(16)8-12(17)7-10)15-5-3-2-4-13(15)14(18)19/h6-9,13,16-17H,2-5H2,1H3,(H,18,19). The number of carboxylic acids is 1. The molecular weight excluding hydrogens is 246 g/mol. The van der Waals surface area contributed by atoms with Gasteiger partial charge in [-0.15, -0.1) is 0 Å². The van der Waals surface area contributed by atoms with E-state index in [2.05, 4.69) is 0 Å². The monoisotopic (exact) mass is 265 g/mol. The van der Waals surface area contributed by atoms with Gasteiger partial charge in [-0.3, -0.25) is 9.69 Å². The van der Waals surface area contributed by atoms with E-state index in [1.54, 1.807) is 12.1 Å². The lowest BCUT2D eigenvalue weighted by Gasteiger charge is -2.37. The first-order valence-electron chi connectivity index (χ1n) is 6.50. The van der Waals surface area contributed by atoms with Gasteiger partial charge in [0, 0.05) is 12.1 Å². The third-order valence-corrected chi connectivity index (χ3v) is 3.73. The van der Waals surface area contributed by atoms with E-state index >= 15 is 0 Å². The molecule has 1 aromatic rings. The fraction of sp³-hybridized carbons (Fsp3) is 0.500. The summed E-state index contributed by atoms with van der Waals surface area (Å²) in [7, 11) is 0. The van der Waals surface area contributed by atoms with E-state index < -0.39 is 12.0 Å². The summed E-state index contributed by atoms with van der Waals surface area (Å²) in [5, 5.41) is 28.3. The van der Waals surface area contributed by atoms with Crippen LogP contribution < -0.4 is 0 Å². The summed E-state index contributed by atoms with van der Waals surface area (Å²) >= 11 is 0. The molecular formula is C14H19NO4. The van der Waals surface area contributed by atoms with E-state index in [-0.39, 0.29) is 17.5 Å². The molecule has 1 heterocycles. The number of aromatic hydroxyl groups is 2. The molecule has 1 saturated heterocycles. The summed E-state index contributed by atoms with van der Waals surface area (Å²) in [6, 6.07) is 3.75. The van der Waals surface area contributed by atoms with Gasteiger partial charge < -0.3 is 15.3 Å². The molecule has 0 amide bonds. The van der Waals surface area contributed by atoms with Crippen molar-refractivity contribution in [2.24, 2.45) is 0 Å². The molecule has 5 heteroatoms. The van der Waals surface area contributed by atoms with Crippen LogP contribution in [0.3, 0.4) is 0 Å². The minimum absolute atomic E-state index is 0.00858. The minimum atomic E-state index is -0.809. The maximum atomic E-state index is 11.3. The molecule has 0 radical (unpaired) electrons. The van der Waals surface area contributed by atoms with Crippen molar-refractivity contribution in [2.75, 3.05) is 6.54 Å². The second kappa shape index (κ2) is 5.48. The van der Waals surface area contributed by atoms with Gasteiger partial charge in [-0.25, -0.2) is 0 Å². The maximum absolute atomic E-state index is 11.3. The van der Waals surface area contributed by atoms with E-state index in [0.29, 0.717) is 13.0 Å². The molecule has 0 aromatic heterocycles. The highest BCUT2D eigenvalue weighted by molar-refractivity contribution is 5.73. The highest BCUT2D eigenvalue weighted by atomic mass is 16.4. The largest absolute Gasteiger partial charge is 0.508 e. The van der Waals surface area contributed by atoms with Gasteiger partial charge in [-0.2, -0.15) is 0 Å². The average Bonchev–Trinajstić information content (AvgIpc) is 2.36. The zero-order valence-electron chi connectivity index (χ0n) is 10.9. The Hall–Kier alpha value is -1.75. The van der Waals surface area contributed by atoms with Crippen LogP contribution in [-0.2, 0) is 4.79 Å². The van der Waals surface area contributed by atoms with Gasteiger partial charge in [0.05, 0.1) is 0 Å².